The first-order valence-corrected chi connectivity index (χ1v) is 8.72. The number of hydrogen-bond acceptors (Lipinski definition) is 5. The molecule has 0 amide bonds. The fraction of sp³-hybridized carbons (Fsp3) is 0.333. The van der Waals surface area contributed by atoms with Crippen molar-refractivity contribution >= 4 is 11.9 Å². The van der Waals surface area contributed by atoms with E-state index in [1.807, 2.05) is 44.2 Å². The first kappa shape index (κ1) is 21.2. The molecule has 0 heterocycles. The van der Waals surface area contributed by atoms with Gasteiger partial charge in [0, 0.05) is 0 Å². The Bertz CT molecular complexity index is 650. The molecule has 0 fully saturated rings. The summed E-state index contributed by atoms with van der Waals surface area (Å²) in [7, 11) is 0. The minimum absolute atomic E-state index is 0.145. The molecule has 0 unspecified atom stereocenters. The molecular weight excluding hydrogens is 332 g/mol. The summed E-state index contributed by atoms with van der Waals surface area (Å²) in [5, 5.41) is 8.96. The molecule has 26 heavy (non-hydrogen) atoms. The van der Waals surface area contributed by atoms with Gasteiger partial charge in [0.2, 0.25) is 0 Å². The fourth-order valence-electron chi connectivity index (χ4n) is 1.91. The molecule has 0 aliphatic carbocycles. The average Bonchev–Trinajstić information content (AvgIpc) is 2.66. The number of carbonyl (C=O) groups is 2. The van der Waals surface area contributed by atoms with Gasteiger partial charge < -0.3 is 14.6 Å². The molecule has 5 nitrogen and oxygen atoms in total. The molecule has 0 aliphatic heterocycles. The normalized spacial score (nSPS) is 9.62. The highest BCUT2D eigenvalue weighted by Crippen LogP contribution is 2.10. The van der Waals surface area contributed by atoms with Gasteiger partial charge in [0.25, 0.3) is 0 Å². The molecule has 0 bridgehead atoms. The smallest absolute Gasteiger partial charge is 0.338 e. The van der Waals surface area contributed by atoms with Gasteiger partial charge in [0.15, 0.2) is 0 Å². The van der Waals surface area contributed by atoms with Crippen LogP contribution in [0.1, 0.15) is 42.6 Å². The molecule has 0 saturated heterocycles. The van der Waals surface area contributed by atoms with Crippen molar-refractivity contribution in [3.8, 4) is 5.75 Å². The standard InChI is InChI=1S/C11H14O2.C10H12O3/c1-2-8-13-11(12)9-10-6-4-3-5-7-10;1-2-7-13-10(12)8-3-5-9(11)6-4-8/h3-7H,2,8-9H2,1H3;3-6,11H,2,7H2,1H3. The lowest BCUT2D eigenvalue weighted by atomic mass is 10.2. The lowest BCUT2D eigenvalue weighted by Crippen LogP contribution is -2.08. The van der Waals surface area contributed by atoms with Gasteiger partial charge in [-0.05, 0) is 42.7 Å². The van der Waals surface area contributed by atoms with E-state index in [4.69, 9.17) is 14.6 Å². The lowest BCUT2D eigenvalue weighted by Gasteiger charge is -2.02. The molecule has 5 heteroatoms. The van der Waals surface area contributed by atoms with Crippen molar-refractivity contribution in [1.29, 1.82) is 0 Å². The number of aromatic hydroxyl groups is 1. The summed E-state index contributed by atoms with van der Waals surface area (Å²) in [6, 6.07) is 15.6. The van der Waals surface area contributed by atoms with Crippen LogP contribution < -0.4 is 0 Å². The second-order valence-electron chi connectivity index (χ2n) is 5.57. The highest BCUT2D eigenvalue weighted by molar-refractivity contribution is 5.89. The number of phenols is 1. The van der Waals surface area contributed by atoms with E-state index in [2.05, 4.69) is 0 Å². The van der Waals surface area contributed by atoms with Gasteiger partial charge in [-0.15, -0.1) is 0 Å². The van der Waals surface area contributed by atoms with Crippen molar-refractivity contribution in [2.45, 2.75) is 33.1 Å². The molecule has 0 radical (unpaired) electrons. The van der Waals surface area contributed by atoms with Crippen LogP contribution in [0, 0.1) is 0 Å². The summed E-state index contributed by atoms with van der Waals surface area (Å²) in [5.41, 5.74) is 1.47. The van der Waals surface area contributed by atoms with Crippen molar-refractivity contribution < 1.29 is 24.2 Å². The molecule has 140 valence electrons. The van der Waals surface area contributed by atoms with Crippen molar-refractivity contribution in [2.24, 2.45) is 0 Å². The SMILES string of the molecule is CCCOC(=O)Cc1ccccc1.CCCOC(=O)c1ccc(O)cc1. The van der Waals surface area contributed by atoms with Crippen LogP contribution in [0.4, 0.5) is 0 Å². The third-order valence-corrected chi connectivity index (χ3v) is 3.20. The van der Waals surface area contributed by atoms with Crippen molar-refractivity contribution in [2.75, 3.05) is 13.2 Å². The van der Waals surface area contributed by atoms with Gasteiger partial charge in [-0.1, -0.05) is 44.2 Å². The summed E-state index contributed by atoms with van der Waals surface area (Å²) in [6.07, 6.45) is 2.06. The van der Waals surface area contributed by atoms with Gasteiger partial charge in [-0.2, -0.15) is 0 Å². The average molecular weight is 358 g/mol. The highest BCUT2D eigenvalue weighted by Gasteiger charge is 2.05. The Morgan fingerprint density at radius 3 is 2.00 bits per heavy atom. The highest BCUT2D eigenvalue weighted by atomic mass is 16.5. The van der Waals surface area contributed by atoms with E-state index in [1.54, 1.807) is 0 Å². The number of carbonyl (C=O) groups excluding carboxylic acids is 2. The molecule has 2 rings (SSSR count). The van der Waals surface area contributed by atoms with Crippen LogP contribution in [-0.4, -0.2) is 30.3 Å². The van der Waals surface area contributed by atoms with Crippen LogP contribution in [0.15, 0.2) is 54.6 Å². The van der Waals surface area contributed by atoms with Gasteiger partial charge in [0.05, 0.1) is 25.2 Å². The zero-order valence-corrected chi connectivity index (χ0v) is 15.3. The maximum absolute atomic E-state index is 11.2. The molecule has 2 aromatic rings. The largest absolute Gasteiger partial charge is 0.508 e. The van der Waals surface area contributed by atoms with Crippen molar-refractivity contribution in [3.05, 3.63) is 65.7 Å². The van der Waals surface area contributed by atoms with E-state index in [9.17, 15) is 9.59 Å². The van der Waals surface area contributed by atoms with E-state index in [0.717, 1.165) is 18.4 Å². The predicted octanol–water partition coefficient (Wildman–Crippen LogP) is 4.14. The van der Waals surface area contributed by atoms with Gasteiger partial charge in [-0.3, -0.25) is 4.79 Å². The Balaban J connectivity index is 0.000000260. The minimum Gasteiger partial charge on any atom is -0.508 e. The maximum Gasteiger partial charge on any atom is 0.338 e. The van der Waals surface area contributed by atoms with Crippen LogP contribution in [0.25, 0.3) is 0 Å². The number of hydrogen-bond donors (Lipinski definition) is 1. The van der Waals surface area contributed by atoms with E-state index < -0.39 is 0 Å². The molecule has 0 saturated carbocycles. The summed E-state index contributed by atoms with van der Waals surface area (Å²) < 4.78 is 9.85. The van der Waals surface area contributed by atoms with E-state index in [0.29, 0.717) is 25.2 Å². The molecule has 1 N–H and O–H groups in total. The minimum atomic E-state index is -0.346. The number of ether oxygens (including phenoxy) is 2. The third kappa shape index (κ3) is 8.87. The quantitative estimate of drug-likeness (QED) is 0.753. The van der Waals surface area contributed by atoms with Crippen LogP contribution in [0.3, 0.4) is 0 Å². The monoisotopic (exact) mass is 358 g/mol. The van der Waals surface area contributed by atoms with Crippen LogP contribution in [0.2, 0.25) is 0 Å². The summed E-state index contributed by atoms with van der Waals surface area (Å²) in [4.78, 5) is 22.4. The van der Waals surface area contributed by atoms with Crippen LogP contribution in [-0.2, 0) is 20.7 Å². The third-order valence-electron chi connectivity index (χ3n) is 3.20. The van der Waals surface area contributed by atoms with Gasteiger partial charge in [-0.25, -0.2) is 4.79 Å². The van der Waals surface area contributed by atoms with E-state index in [-0.39, 0.29) is 17.7 Å². The number of esters is 2. The van der Waals surface area contributed by atoms with Gasteiger partial charge in [0.1, 0.15) is 5.75 Å². The predicted molar refractivity (Wildman–Crippen MR) is 100 cm³/mol. The Hall–Kier alpha value is -2.82. The zero-order chi connectivity index (χ0) is 19.2. The topological polar surface area (TPSA) is 72.8 Å². The Morgan fingerprint density at radius 1 is 0.846 bits per heavy atom. The van der Waals surface area contributed by atoms with Crippen LogP contribution >= 0.6 is 0 Å². The first-order valence-electron chi connectivity index (χ1n) is 8.72. The van der Waals surface area contributed by atoms with E-state index in [1.165, 1.54) is 24.3 Å². The second-order valence-corrected chi connectivity index (χ2v) is 5.57. The fourth-order valence-corrected chi connectivity index (χ4v) is 1.91. The summed E-state index contributed by atoms with van der Waals surface area (Å²) in [5.74, 6) is -0.345. The second kappa shape index (κ2) is 12.5. The first-order chi connectivity index (χ1) is 12.6. The summed E-state index contributed by atoms with van der Waals surface area (Å²) >= 11 is 0. The lowest BCUT2D eigenvalue weighted by molar-refractivity contribution is -0.142. The summed E-state index contributed by atoms with van der Waals surface area (Å²) in [6.45, 7) is 4.87. The Morgan fingerprint density at radius 2 is 1.42 bits per heavy atom. The van der Waals surface area contributed by atoms with Crippen molar-refractivity contribution in [3.63, 3.8) is 0 Å². The van der Waals surface area contributed by atoms with Crippen molar-refractivity contribution in [1.82, 2.24) is 0 Å². The molecule has 0 aromatic heterocycles. The molecule has 0 spiro atoms. The Kier molecular flexibility index (Phi) is 10.2. The number of phenolic OH excluding ortho intramolecular Hbond substituents is 1. The maximum atomic E-state index is 11.2. The van der Waals surface area contributed by atoms with Gasteiger partial charge >= 0.3 is 11.9 Å². The molecule has 2 aromatic carbocycles. The Labute approximate surface area is 154 Å². The molecule has 0 aliphatic rings. The molecule has 0 atom stereocenters. The zero-order valence-electron chi connectivity index (χ0n) is 15.3. The number of rotatable bonds is 7. The van der Waals surface area contributed by atoms with Crippen LogP contribution in [0.5, 0.6) is 5.75 Å². The number of benzene rings is 2. The van der Waals surface area contributed by atoms with E-state index >= 15 is 0 Å². The molecular formula is C21H26O5.